The van der Waals surface area contributed by atoms with Crippen LogP contribution in [0, 0.1) is 17.7 Å². The maximum Gasteiger partial charge on any atom is 0.261 e. The molecule has 1 heterocycles. The Morgan fingerprint density at radius 3 is 1.52 bits per heavy atom. The Balaban J connectivity index is -0.0000000497. The van der Waals surface area contributed by atoms with Crippen LogP contribution in [-0.4, -0.2) is 88.2 Å². The first-order chi connectivity index (χ1) is 17.6. The van der Waals surface area contributed by atoms with Crippen LogP contribution in [-0.2, 0) is 29.2 Å². The number of nitrogens with zero attached hydrogens (tertiary/aromatic N) is 3. The fourth-order valence-corrected chi connectivity index (χ4v) is 1.52. The summed E-state index contributed by atoms with van der Waals surface area (Å²) in [6.45, 7) is 18.0. The zero-order chi connectivity index (χ0) is 31.9. The number of rotatable bonds is 9. The number of nitrogens with two attached hydrogens (primary N) is 1. The van der Waals surface area contributed by atoms with Gasteiger partial charge in [0.05, 0.1) is 24.9 Å². The predicted molar refractivity (Wildman–Crippen MR) is 186 cm³/mol. The lowest BCUT2D eigenvalue weighted by molar-refractivity contribution is -0.120. The maximum absolute atomic E-state index is 10.9. The number of carbonyl (C=O) groups excluding carboxylic acids is 3. The molecule has 0 bridgehead atoms. The van der Waals surface area contributed by atoms with Gasteiger partial charge in [-0.05, 0) is 62.3 Å². The monoisotopic (exact) mass is 680 g/mol. The van der Waals surface area contributed by atoms with E-state index >= 15 is 0 Å². The number of hydrogen-bond acceptors (Lipinski definition) is 13. The average Bonchev–Trinajstić information content (AvgIpc) is 3.22. The van der Waals surface area contributed by atoms with Gasteiger partial charge in [-0.2, -0.15) is 13.5 Å². The highest BCUT2D eigenvalue weighted by Crippen LogP contribution is 2.03. The van der Waals surface area contributed by atoms with E-state index in [1.54, 1.807) is 59.5 Å². The molecule has 1 aromatic heterocycles. The summed E-state index contributed by atoms with van der Waals surface area (Å²) >= 11 is 0. The van der Waals surface area contributed by atoms with Crippen molar-refractivity contribution in [3.05, 3.63) is 12.2 Å². The summed E-state index contributed by atoms with van der Waals surface area (Å²) < 4.78 is 32.1. The summed E-state index contributed by atoms with van der Waals surface area (Å²) in [4.78, 5) is 35.6. The highest BCUT2D eigenvalue weighted by molar-refractivity contribution is 7.85. The molecular weight excluding hydrogens is 616 g/mol. The Morgan fingerprint density at radius 1 is 0.977 bits per heavy atom. The van der Waals surface area contributed by atoms with Crippen molar-refractivity contribution in [2.75, 3.05) is 19.4 Å². The molecule has 0 aromatic carbocycles. The van der Waals surface area contributed by atoms with Gasteiger partial charge in [-0.1, -0.05) is 29.7 Å². The number of hydrogen-bond donors (Lipinski definition) is 6. The molecule has 0 aliphatic carbocycles. The van der Waals surface area contributed by atoms with Gasteiger partial charge in [-0.3, -0.25) is 35.6 Å². The lowest BCUT2D eigenvalue weighted by Gasteiger charge is -2.08. The highest BCUT2D eigenvalue weighted by atomic mass is 35.5. The molecule has 0 saturated carbocycles. The Hall–Kier alpha value is -2.63. The van der Waals surface area contributed by atoms with E-state index in [9.17, 15) is 22.8 Å². The Kier molecular flexibility index (Phi) is 53.5. The summed E-state index contributed by atoms with van der Waals surface area (Å²) in [7, 11) is -3.67. The van der Waals surface area contributed by atoms with Crippen molar-refractivity contribution in [2.45, 2.75) is 117 Å². The van der Waals surface area contributed by atoms with E-state index in [0.29, 0.717) is 30.9 Å². The van der Waals surface area contributed by atoms with Crippen LogP contribution in [0.25, 0.3) is 0 Å². The van der Waals surface area contributed by atoms with Gasteiger partial charge in [0.15, 0.2) is 11.7 Å². The molecule has 0 saturated heterocycles. The van der Waals surface area contributed by atoms with Gasteiger partial charge >= 0.3 is 0 Å². The first kappa shape index (κ1) is 64.3. The lowest BCUT2D eigenvalue weighted by Crippen LogP contribution is -2.37. The van der Waals surface area contributed by atoms with Crippen LogP contribution >= 0.6 is 12.4 Å². The molecule has 0 spiro atoms. The first-order valence-corrected chi connectivity index (χ1v) is 13.7. The summed E-state index contributed by atoms with van der Waals surface area (Å²) in [5.74, 6) is 6.15. The van der Waals surface area contributed by atoms with Crippen molar-refractivity contribution in [3.63, 3.8) is 0 Å². The summed E-state index contributed by atoms with van der Waals surface area (Å²) in [6.07, 6.45) is 2.29. The van der Waals surface area contributed by atoms with Crippen LogP contribution in [0.2, 0.25) is 0 Å². The third kappa shape index (κ3) is 55.3. The second kappa shape index (κ2) is 36.6. The van der Waals surface area contributed by atoms with Gasteiger partial charge in [0.2, 0.25) is 0 Å². The molecular formula is C27H65ClN8O7S. The molecule has 0 fully saturated rings. The minimum Gasteiger partial charge on any atom is -0.482 e. The minimum absolute atomic E-state index is 0. The molecule has 1 rings (SSSR count). The highest BCUT2D eigenvalue weighted by Gasteiger charge is 2.10. The van der Waals surface area contributed by atoms with Gasteiger partial charge in [0.25, 0.3) is 10.1 Å². The van der Waals surface area contributed by atoms with E-state index < -0.39 is 10.1 Å². The second-order valence-electron chi connectivity index (χ2n) is 8.27. The molecule has 0 aliphatic rings. The Morgan fingerprint density at radius 2 is 1.36 bits per heavy atom. The summed E-state index contributed by atoms with van der Waals surface area (Å²) in [5, 5.41) is 20.7. The van der Waals surface area contributed by atoms with E-state index in [0.717, 1.165) is 0 Å². The van der Waals surface area contributed by atoms with E-state index in [-0.39, 0.29) is 83.5 Å². The summed E-state index contributed by atoms with van der Waals surface area (Å²) in [6, 6.07) is -0.531. The first-order valence-electron chi connectivity index (χ1n) is 11.8. The molecule has 44 heavy (non-hydrogen) atoms. The number of halogens is 1. The fraction of sp³-hybridized carbons (Fsp3) is 0.741. The zero-order valence-corrected chi connectivity index (χ0v) is 27.0. The molecule has 17 heteroatoms. The smallest absolute Gasteiger partial charge is 0.261 e. The van der Waals surface area contributed by atoms with Crippen LogP contribution in [0.3, 0.4) is 0 Å². The number of carbonyl (C=O) groups is 3. The van der Waals surface area contributed by atoms with Crippen LogP contribution < -0.4 is 16.6 Å². The van der Waals surface area contributed by atoms with Crippen LogP contribution in [0.1, 0.15) is 104 Å². The average molecular weight is 681 g/mol. The topological polar surface area (TPSA) is 243 Å². The number of nitrogens with one attached hydrogen (secondary N) is 4. The number of ketones is 3. The van der Waals surface area contributed by atoms with Crippen molar-refractivity contribution in [2.24, 2.45) is 5.84 Å². The molecule has 0 unspecified atom stereocenters. The van der Waals surface area contributed by atoms with Crippen LogP contribution in [0.5, 0.6) is 0 Å². The molecule has 7 N–H and O–H groups in total. The summed E-state index contributed by atoms with van der Waals surface area (Å²) in [5.41, 5.74) is 2.86. The maximum atomic E-state index is 10.9. The van der Waals surface area contributed by atoms with Crippen molar-refractivity contribution in [1.82, 2.24) is 25.5 Å². The fourth-order valence-electron chi connectivity index (χ4n) is 1.52. The Labute approximate surface area is 274 Å². The molecule has 0 aliphatic heterocycles. The number of ether oxygens (including phenoxy) is 1. The molecule has 268 valence electrons. The normalized spacial score (nSPS) is 10.7. The molecule has 1 aromatic rings. The zero-order valence-electron chi connectivity index (χ0n) is 25.4. The third-order valence-corrected chi connectivity index (χ3v) is 4.11. The van der Waals surface area contributed by atoms with Gasteiger partial charge < -0.3 is 15.5 Å². The van der Waals surface area contributed by atoms with Crippen LogP contribution in [0.4, 0.5) is 0 Å². The largest absolute Gasteiger partial charge is 0.482 e. The second-order valence-corrected chi connectivity index (χ2v) is 9.74. The van der Waals surface area contributed by atoms with Gasteiger partial charge in [-0.15, -0.1) is 12.4 Å². The molecule has 3 atom stereocenters. The van der Waals surface area contributed by atoms with Crippen molar-refractivity contribution < 1.29 is 32.1 Å². The Bertz CT molecular complexity index is 983. The van der Waals surface area contributed by atoms with Crippen molar-refractivity contribution in [3.8, 4) is 0 Å². The lowest BCUT2D eigenvalue weighted by atomic mass is 10.2. The SMILES string of the molecule is C.C.C.C.CC(=N)CN[C@@H](C)C(C)=O.CC(=O)[C@H](C)NN.CC(=O)[C@H](C)n1cnc(C)n1.CCOC(C)=N.CS(=O)(=O)O.Cl. The van der Waals surface area contributed by atoms with Gasteiger partial charge in [0, 0.05) is 19.2 Å². The third-order valence-electron chi connectivity index (χ3n) is 4.11. The van der Waals surface area contributed by atoms with Crippen molar-refractivity contribution >= 4 is 51.5 Å². The van der Waals surface area contributed by atoms with E-state index in [1.807, 2.05) is 6.92 Å². The van der Waals surface area contributed by atoms with Crippen LogP contribution in [0.15, 0.2) is 6.33 Å². The number of aromatic nitrogens is 3. The minimum atomic E-state index is -3.67. The van der Waals surface area contributed by atoms with E-state index in [4.69, 9.17) is 21.2 Å². The predicted octanol–water partition coefficient (Wildman–Crippen LogP) is 4.25. The van der Waals surface area contributed by atoms with E-state index in [1.165, 1.54) is 13.8 Å². The number of Topliss-reactive ketones (excluding diaryl/α,β-unsaturated/α-hetero) is 3. The molecule has 15 nitrogen and oxygen atoms in total. The quantitative estimate of drug-likeness (QED) is 0.0705. The standard InChI is InChI=1S/C7H11N3O.C7H14N2O.C4H10N2O.C4H9NO.CH4O3S.4CH4.ClH/c1-5(6(2)11)10-4-8-7(3)9-10;1-5(8)4-9-6(2)7(3)10;1-3(6-5)4(2)7;1-3-6-4(2)5;1-5(2,3)4;;;;;/h4-5H,1-3H3;6,8-9H,4H2,1-3H3;3,6H,5H2,1-2H3;5H,3H2,1-2H3;1H3,(H,2,3,4);4*1H4;1H/t5-;6-;3-;;;;;;;/m000......./s1. The van der Waals surface area contributed by atoms with Gasteiger partial charge in [0.1, 0.15) is 29.8 Å². The van der Waals surface area contributed by atoms with E-state index in [2.05, 4.69) is 25.6 Å². The molecule has 0 amide bonds. The number of aryl methyl sites for hydroxylation is 1. The van der Waals surface area contributed by atoms with Crippen molar-refractivity contribution in [1.29, 1.82) is 10.8 Å². The molecule has 0 radical (unpaired) electrons. The van der Waals surface area contributed by atoms with Gasteiger partial charge in [-0.25, -0.2) is 9.67 Å². The number of hydrazine groups is 1.